The molecule has 1 fully saturated rings. The van der Waals surface area contributed by atoms with Gasteiger partial charge in [-0.2, -0.15) is 31.2 Å². The van der Waals surface area contributed by atoms with Gasteiger partial charge in [0.05, 0.1) is 11.1 Å². The van der Waals surface area contributed by atoms with Crippen molar-refractivity contribution in [2.75, 3.05) is 18.0 Å². The SMILES string of the molecule is CC(=O)OOC1CCN(c2ccc(C(F)(F)F)cc2C(F)(F)F)C1. The molecule has 10 heteroatoms. The van der Waals surface area contributed by atoms with Crippen molar-refractivity contribution in [3.63, 3.8) is 0 Å². The minimum atomic E-state index is -4.94. The Balaban J connectivity index is 2.26. The molecule has 134 valence electrons. The average molecular weight is 357 g/mol. The molecule has 24 heavy (non-hydrogen) atoms. The fourth-order valence-corrected chi connectivity index (χ4v) is 2.38. The molecule has 0 N–H and O–H groups in total. The molecule has 2 rings (SSSR count). The fourth-order valence-electron chi connectivity index (χ4n) is 2.38. The van der Waals surface area contributed by atoms with E-state index < -0.39 is 35.6 Å². The van der Waals surface area contributed by atoms with Crippen LogP contribution in [0.5, 0.6) is 0 Å². The molecule has 4 nitrogen and oxygen atoms in total. The Kier molecular flexibility index (Phi) is 4.97. The van der Waals surface area contributed by atoms with Crippen molar-refractivity contribution >= 4 is 11.7 Å². The number of nitrogens with zero attached hydrogens (tertiary/aromatic N) is 1. The standard InChI is InChI=1S/C14H13F6NO3/c1-8(22)23-24-10-4-5-21(7-10)12-3-2-9(13(15,16)17)6-11(12)14(18,19)20/h2-3,6,10H,4-5,7H2,1H3. The van der Waals surface area contributed by atoms with Crippen LogP contribution in [0.4, 0.5) is 32.0 Å². The Bertz CT molecular complexity index is 614. The van der Waals surface area contributed by atoms with Crippen LogP contribution in [0.15, 0.2) is 18.2 Å². The molecule has 0 spiro atoms. The van der Waals surface area contributed by atoms with Crippen LogP contribution in [0.25, 0.3) is 0 Å². The monoisotopic (exact) mass is 357 g/mol. The van der Waals surface area contributed by atoms with Gasteiger partial charge in [-0.05, 0) is 24.6 Å². The molecule has 1 atom stereocenters. The Morgan fingerprint density at radius 3 is 2.38 bits per heavy atom. The molecular weight excluding hydrogens is 344 g/mol. The van der Waals surface area contributed by atoms with Gasteiger partial charge < -0.3 is 4.90 Å². The molecular formula is C14H13F6NO3. The second-order valence-corrected chi connectivity index (χ2v) is 5.26. The van der Waals surface area contributed by atoms with Crippen LogP contribution in [0, 0.1) is 0 Å². The Morgan fingerprint density at radius 2 is 1.83 bits per heavy atom. The summed E-state index contributed by atoms with van der Waals surface area (Å²) >= 11 is 0. The summed E-state index contributed by atoms with van der Waals surface area (Å²) in [6.45, 7) is 1.19. The van der Waals surface area contributed by atoms with E-state index in [9.17, 15) is 31.1 Å². The van der Waals surface area contributed by atoms with Crippen molar-refractivity contribution in [3.8, 4) is 0 Å². The van der Waals surface area contributed by atoms with Gasteiger partial charge in [0.1, 0.15) is 6.10 Å². The molecule has 0 amide bonds. The third-order valence-electron chi connectivity index (χ3n) is 3.42. The van der Waals surface area contributed by atoms with Crippen molar-refractivity contribution in [2.45, 2.75) is 31.8 Å². The Morgan fingerprint density at radius 1 is 1.17 bits per heavy atom. The Hall–Kier alpha value is -1.97. The van der Waals surface area contributed by atoms with Crippen LogP contribution in [0.2, 0.25) is 0 Å². The van der Waals surface area contributed by atoms with Crippen LogP contribution in [0.1, 0.15) is 24.5 Å². The van der Waals surface area contributed by atoms with Crippen molar-refractivity contribution in [1.29, 1.82) is 0 Å². The van der Waals surface area contributed by atoms with E-state index in [4.69, 9.17) is 4.89 Å². The number of rotatable bonds is 3. The summed E-state index contributed by atoms with van der Waals surface area (Å²) in [5, 5.41) is 0. The third-order valence-corrected chi connectivity index (χ3v) is 3.42. The van der Waals surface area contributed by atoms with Gasteiger partial charge in [-0.25, -0.2) is 4.79 Å². The summed E-state index contributed by atoms with van der Waals surface area (Å²) in [6.07, 6.45) is -10.2. The first-order valence-corrected chi connectivity index (χ1v) is 6.86. The summed E-state index contributed by atoms with van der Waals surface area (Å²) < 4.78 is 77.3. The van der Waals surface area contributed by atoms with Gasteiger partial charge in [0.25, 0.3) is 0 Å². The van der Waals surface area contributed by atoms with Crippen molar-refractivity contribution in [2.24, 2.45) is 0 Å². The van der Waals surface area contributed by atoms with Gasteiger partial charge in [-0.3, -0.25) is 4.89 Å². The molecule has 0 aliphatic carbocycles. The second kappa shape index (κ2) is 6.50. The lowest BCUT2D eigenvalue weighted by Crippen LogP contribution is -2.26. The van der Waals surface area contributed by atoms with E-state index in [0.29, 0.717) is 6.07 Å². The minimum absolute atomic E-state index is 0.0400. The molecule has 0 aromatic heterocycles. The van der Waals surface area contributed by atoms with E-state index in [1.54, 1.807) is 0 Å². The van der Waals surface area contributed by atoms with Crippen LogP contribution in [-0.2, 0) is 26.9 Å². The zero-order valence-corrected chi connectivity index (χ0v) is 12.4. The van der Waals surface area contributed by atoms with E-state index in [1.807, 2.05) is 0 Å². The number of hydrogen-bond donors (Lipinski definition) is 0. The van der Waals surface area contributed by atoms with Crippen LogP contribution < -0.4 is 4.90 Å². The van der Waals surface area contributed by atoms with E-state index in [-0.39, 0.29) is 31.3 Å². The van der Waals surface area contributed by atoms with Gasteiger partial charge in [-0.15, -0.1) is 0 Å². The maximum absolute atomic E-state index is 13.1. The molecule has 1 aliphatic heterocycles. The maximum Gasteiger partial charge on any atom is 0.418 e. The summed E-state index contributed by atoms with van der Waals surface area (Å²) in [4.78, 5) is 21.0. The highest BCUT2D eigenvalue weighted by Crippen LogP contribution is 2.41. The largest absolute Gasteiger partial charge is 0.418 e. The quantitative estimate of drug-likeness (QED) is 0.469. The molecule has 1 aromatic rings. The lowest BCUT2D eigenvalue weighted by Gasteiger charge is -2.24. The van der Waals surface area contributed by atoms with E-state index in [1.165, 1.54) is 4.90 Å². The summed E-state index contributed by atoms with van der Waals surface area (Å²) in [7, 11) is 0. The van der Waals surface area contributed by atoms with Gasteiger partial charge in [0, 0.05) is 25.7 Å². The Labute approximate surface area is 132 Å². The van der Waals surface area contributed by atoms with Gasteiger partial charge in [0.2, 0.25) is 0 Å². The van der Waals surface area contributed by atoms with Gasteiger partial charge in [-0.1, -0.05) is 0 Å². The smallest absolute Gasteiger partial charge is 0.368 e. The normalized spacial score (nSPS) is 18.8. The molecule has 1 heterocycles. The maximum atomic E-state index is 13.1. The summed E-state index contributed by atoms with van der Waals surface area (Å²) in [5.41, 5.74) is -3.11. The highest BCUT2D eigenvalue weighted by molar-refractivity contribution is 5.65. The fraction of sp³-hybridized carbons (Fsp3) is 0.500. The van der Waals surface area contributed by atoms with Crippen LogP contribution >= 0.6 is 0 Å². The van der Waals surface area contributed by atoms with Crippen molar-refractivity contribution in [3.05, 3.63) is 29.3 Å². The van der Waals surface area contributed by atoms with E-state index in [2.05, 4.69) is 4.89 Å². The number of benzene rings is 1. The highest BCUT2D eigenvalue weighted by Gasteiger charge is 2.40. The van der Waals surface area contributed by atoms with Gasteiger partial charge in [0.15, 0.2) is 0 Å². The summed E-state index contributed by atoms with van der Waals surface area (Å²) in [6, 6.07) is 1.49. The zero-order valence-electron chi connectivity index (χ0n) is 12.4. The third kappa shape index (κ3) is 4.31. The van der Waals surface area contributed by atoms with Gasteiger partial charge >= 0.3 is 18.3 Å². The molecule has 1 saturated heterocycles. The predicted octanol–water partition coefficient (Wildman–Crippen LogP) is 3.80. The number of anilines is 1. The number of hydrogen-bond acceptors (Lipinski definition) is 4. The minimum Gasteiger partial charge on any atom is -0.368 e. The predicted molar refractivity (Wildman–Crippen MR) is 69.9 cm³/mol. The number of alkyl halides is 6. The molecule has 1 aliphatic rings. The zero-order chi connectivity index (χ0) is 18.1. The van der Waals surface area contributed by atoms with E-state index >= 15 is 0 Å². The number of carbonyl (C=O) groups excluding carboxylic acids is 1. The van der Waals surface area contributed by atoms with E-state index in [0.717, 1.165) is 13.0 Å². The topological polar surface area (TPSA) is 38.8 Å². The first-order chi connectivity index (χ1) is 11.0. The first-order valence-electron chi connectivity index (χ1n) is 6.86. The molecule has 0 saturated carbocycles. The lowest BCUT2D eigenvalue weighted by atomic mass is 10.1. The van der Waals surface area contributed by atoms with Crippen LogP contribution in [-0.4, -0.2) is 25.2 Å². The number of carbonyl (C=O) groups is 1. The number of halogens is 6. The molecule has 1 unspecified atom stereocenters. The van der Waals surface area contributed by atoms with Crippen molar-refractivity contribution in [1.82, 2.24) is 0 Å². The second-order valence-electron chi connectivity index (χ2n) is 5.26. The molecule has 0 radical (unpaired) electrons. The molecule has 1 aromatic carbocycles. The van der Waals surface area contributed by atoms with Crippen LogP contribution in [0.3, 0.4) is 0 Å². The average Bonchev–Trinajstić information content (AvgIpc) is 2.91. The summed E-state index contributed by atoms with van der Waals surface area (Å²) in [5.74, 6) is -0.709. The highest BCUT2D eigenvalue weighted by atomic mass is 19.4. The van der Waals surface area contributed by atoms with Crippen molar-refractivity contribution < 1.29 is 40.9 Å². The first kappa shape index (κ1) is 18.4. The lowest BCUT2D eigenvalue weighted by molar-refractivity contribution is -0.291. The molecule has 0 bridgehead atoms.